The molecule has 168 valence electrons. The molecular weight excluding hydrogens is 441 g/mol. The van der Waals surface area contributed by atoms with Gasteiger partial charge in [-0.25, -0.2) is 9.37 Å². The number of piperazine rings is 1. The molecule has 5 rings (SSSR count). The predicted octanol–water partition coefficient (Wildman–Crippen LogP) is 4.46. The summed E-state index contributed by atoms with van der Waals surface area (Å²) in [6.07, 6.45) is 1.81. The van der Waals surface area contributed by atoms with Crippen LogP contribution in [-0.2, 0) is 6.42 Å². The molecule has 33 heavy (non-hydrogen) atoms. The third kappa shape index (κ3) is 4.55. The number of aromatic amines is 1. The van der Waals surface area contributed by atoms with Gasteiger partial charge >= 0.3 is 0 Å². The summed E-state index contributed by atoms with van der Waals surface area (Å²) < 4.78 is 14.4. The quantitative estimate of drug-likeness (QED) is 0.407. The first-order chi connectivity index (χ1) is 16.1. The van der Waals surface area contributed by atoms with E-state index in [9.17, 15) is 9.18 Å². The Labute approximate surface area is 195 Å². The SMILES string of the molecule is O=c1[nH]ccc2cc(Cc3c(F)cccc3Cl)nc(Nc3ccc(N4CCNCC4)cc3)c12. The van der Waals surface area contributed by atoms with Crippen molar-refractivity contribution in [1.82, 2.24) is 15.3 Å². The predicted molar refractivity (Wildman–Crippen MR) is 131 cm³/mol. The molecular formula is C25H23ClFN5O. The van der Waals surface area contributed by atoms with E-state index in [0.717, 1.165) is 42.9 Å². The van der Waals surface area contributed by atoms with Gasteiger partial charge in [-0.05, 0) is 53.9 Å². The molecule has 0 bridgehead atoms. The summed E-state index contributed by atoms with van der Waals surface area (Å²) in [6, 6.07) is 16.3. The maximum absolute atomic E-state index is 14.4. The Bertz CT molecular complexity index is 1330. The molecule has 2 aromatic heterocycles. The van der Waals surface area contributed by atoms with Crippen molar-refractivity contribution in [2.45, 2.75) is 6.42 Å². The third-order valence-corrected chi connectivity index (χ3v) is 6.19. The zero-order valence-electron chi connectivity index (χ0n) is 17.9. The minimum Gasteiger partial charge on any atom is -0.369 e. The average molecular weight is 464 g/mol. The number of benzene rings is 2. The Morgan fingerprint density at radius 3 is 2.64 bits per heavy atom. The molecule has 0 radical (unpaired) electrons. The smallest absolute Gasteiger partial charge is 0.259 e. The summed E-state index contributed by atoms with van der Waals surface area (Å²) in [5.74, 6) is 0.0417. The first-order valence-electron chi connectivity index (χ1n) is 10.9. The minimum atomic E-state index is -0.381. The fraction of sp³-hybridized carbons (Fsp3) is 0.200. The number of rotatable bonds is 5. The largest absolute Gasteiger partial charge is 0.369 e. The number of nitrogens with one attached hydrogen (secondary N) is 3. The van der Waals surface area contributed by atoms with Crippen LogP contribution in [0.15, 0.2) is 65.6 Å². The number of pyridine rings is 2. The number of hydrogen-bond donors (Lipinski definition) is 3. The van der Waals surface area contributed by atoms with Gasteiger partial charge in [-0.15, -0.1) is 0 Å². The van der Waals surface area contributed by atoms with Crippen molar-refractivity contribution >= 4 is 39.6 Å². The first-order valence-corrected chi connectivity index (χ1v) is 11.2. The Morgan fingerprint density at radius 2 is 1.88 bits per heavy atom. The summed E-state index contributed by atoms with van der Waals surface area (Å²) >= 11 is 6.22. The molecule has 0 amide bonds. The number of anilines is 3. The van der Waals surface area contributed by atoms with Crippen LogP contribution in [0.2, 0.25) is 5.02 Å². The van der Waals surface area contributed by atoms with E-state index in [-0.39, 0.29) is 17.8 Å². The number of hydrogen-bond acceptors (Lipinski definition) is 5. The summed E-state index contributed by atoms with van der Waals surface area (Å²) in [4.78, 5) is 22.3. The topological polar surface area (TPSA) is 73.0 Å². The van der Waals surface area contributed by atoms with Gasteiger partial charge in [-0.1, -0.05) is 17.7 Å². The van der Waals surface area contributed by atoms with Crippen LogP contribution >= 0.6 is 11.6 Å². The highest BCUT2D eigenvalue weighted by Crippen LogP contribution is 2.27. The van der Waals surface area contributed by atoms with Crippen molar-refractivity contribution in [1.29, 1.82) is 0 Å². The van der Waals surface area contributed by atoms with Crippen molar-refractivity contribution in [3.8, 4) is 0 Å². The minimum absolute atomic E-state index is 0.213. The molecule has 1 aliphatic heterocycles. The van der Waals surface area contributed by atoms with Crippen molar-refractivity contribution in [2.24, 2.45) is 0 Å². The second-order valence-electron chi connectivity index (χ2n) is 8.02. The lowest BCUT2D eigenvalue weighted by molar-refractivity contribution is 0.589. The third-order valence-electron chi connectivity index (χ3n) is 5.84. The van der Waals surface area contributed by atoms with Crippen LogP contribution in [0, 0.1) is 5.82 Å². The second kappa shape index (κ2) is 9.21. The molecule has 3 N–H and O–H groups in total. The molecule has 0 saturated carbocycles. The van der Waals surface area contributed by atoms with Crippen LogP contribution < -0.4 is 21.1 Å². The fourth-order valence-electron chi connectivity index (χ4n) is 4.15. The summed E-state index contributed by atoms with van der Waals surface area (Å²) in [5, 5.41) is 8.16. The number of aromatic nitrogens is 2. The van der Waals surface area contributed by atoms with E-state index >= 15 is 0 Å². The van der Waals surface area contributed by atoms with Crippen molar-refractivity contribution in [3.63, 3.8) is 0 Å². The number of halogens is 2. The molecule has 6 nitrogen and oxygen atoms in total. The van der Waals surface area contributed by atoms with Crippen LogP contribution in [0.3, 0.4) is 0 Å². The molecule has 0 unspecified atom stereocenters. The Hall–Kier alpha value is -3.42. The highest BCUT2D eigenvalue weighted by atomic mass is 35.5. The molecule has 2 aromatic carbocycles. The van der Waals surface area contributed by atoms with Gasteiger partial charge in [0, 0.05) is 66.5 Å². The van der Waals surface area contributed by atoms with Gasteiger partial charge in [0.15, 0.2) is 0 Å². The van der Waals surface area contributed by atoms with Crippen molar-refractivity contribution < 1.29 is 4.39 Å². The molecule has 0 atom stereocenters. The van der Waals surface area contributed by atoms with Gasteiger partial charge in [-0.3, -0.25) is 4.79 Å². The summed E-state index contributed by atoms with van der Waals surface area (Å²) in [7, 11) is 0. The molecule has 0 spiro atoms. The van der Waals surface area contributed by atoms with Crippen molar-refractivity contribution in [2.75, 3.05) is 36.4 Å². The van der Waals surface area contributed by atoms with E-state index in [1.165, 1.54) is 6.07 Å². The van der Waals surface area contributed by atoms with E-state index < -0.39 is 0 Å². The Balaban J connectivity index is 1.49. The number of nitrogens with zero attached hydrogens (tertiary/aromatic N) is 2. The average Bonchev–Trinajstić information content (AvgIpc) is 2.82. The van der Waals surface area contributed by atoms with Gasteiger partial charge in [0.05, 0.1) is 5.39 Å². The van der Waals surface area contributed by atoms with Crippen molar-refractivity contribution in [3.05, 3.63) is 93.2 Å². The molecule has 1 saturated heterocycles. The van der Waals surface area contributed by atoms with Gasteiger partial charge in [0.1, 0.15) is 11.6 Å². The first kappa shape index (κ1) is 21.4. The monoisotopic (exact) mass is 463 g/mol. The second-order valence-corrected chi connectivity index (χ2v) is 8.43. The number of fused-ring (bicyclic) bond motifs is 1. The molecule has 1 fully saturated rings. The van der Waals surface area contributed by atoms with Gasteiger partial charge < -0.3 is 20.5 Å². The van der Waals surface area contributed by atoms with Crippen LogP contribution in [0.1, 0.15) is 11.3 Å². The van der Waals surface area contributed by atoms with Gasteiger partial charge in [-0.2, -0.15) is 0 Å². The van der Waals surface area contributed by atoms with E-state index in [2.05, 4.69) is 37.6 Å². The Morgan fingerprint density at radius 1 is 1.09 bits per heavy atom. The summed E-state index contributed by atoms with van der Waals surface area (Å²) in [5.41, 5.74) is 2.71. The zero-order valence-corrected chi connectivity index (χ0v) is 18.6. The van der Waals surface area contributed by atoms with Crippen LogP contribution in [0.5, 0.6) is 0 Å². The van der Waals surface area contributed by atoms with Crippen LogP contribution in [0.4, 0.5) is 21.6 Å². The Kier molecular flexibility index (Phi) is 5.98. The maximum Gasteiger partial charge on any atom is 0.259 e. The molecule has 0 aliphatic carbocycles. The van der Waals surface area contributed by atoms with E-state index in [4.69, 9.17) is 11.6 Å². The molecule has 8 heteroatoms. The number of H-pyrrole nitrogens is 1. The highest BCUT2D eigenvalue weighted by molar-refractivity contribution is 6.31. The molecule has 4 aromatic rings. The van der Waals surface area contributed by atoms with Gasteiger partial charge in [0.25, 0.3) is 5.56 Å². The van der Waals surface area contributed by atoms with Crippen LogP contribution in [-0.4, -0.2) is 36.1 Å². The molecule has 3 heterocycles. The lowest BCUT2D eigenvalue weighted by atomic mass is 10.1. The lowest BCUT2D eigenvalue weighted by Gasteiger charge is -2.29. The van der Waals surface area contributed by atoms with E-state index in [1.54, 1.807) is 24.4 Å². The van der Waals surface area contributed by atoms with Gasteiger partial charge in [0.2, 0.25) is 0 Å². The fourth-order valence-corrected chi connectivity index (χ4v) is 4.38. The maximum atomic E-state index is 14.4. The molecule has 1 aliphatic rings. The zero-order chi connectivity index (χ0) is 22.8. The lowest BCUT2D eigenvalue weighted by Crippen LogP contribution is -2.43. The van der Waals surface area contributed by atoms with E-state index in [0.29, 0.717) is 27.5 Å². The standard InChI is InChI=1S/C25H23ClFN5O/c26-21-2-1-3-22(27)20(21)15-18-14-16-8-9-29-25(33)23(16)24(31-18)30-17-4-6-19(7-5-17)32-12-10-28-11-13-32/h1-9,14,28H,10-13,15H2,(H,29,33)(H,30,31). The van der Waals surface area contributed by atoms with Crippen LogP contribution in [0.25, 0.3) is 10.8 Å². The van der Waals surface area contributed by atoms with E-state index in [1.807, 2.05) is 18.2 Å². The normalized spacial score (nSPS) is 13.9. The summed E-state index contributed by atoms with van der Waals surface area (Å²) in [6.45, 7) is 3.87. The highest BCUT2D eigenvalue weighted by Gasteiger charge is 2.15.